The summed E-state index contributed by atoms with van der Waals surface area (Å²) in [5.41, 5.74) is 5.91. The summed E-state index contributed by atoms with van der Waals surface area (Å²) in [7, 11) is 4.13. The lowest BCUT2D eigenvalue weighted by molar-refractivity contribution is 0.395. The van der Waals surface area contributed by atoms with Crippen LogP contribution in [-0.2, 0) is 0 Å². The molecule has 1 aliphatic heterocycles. The third-order valence-corrected chi connectivity index (χ3v) is 3.28. The molecule has 3 N–H and O–H groups in total. The van der Waals surface area contributed by atoms with Gasteiger partial charge < -0.3 is 15.5 Å². The number of rotatable bonds is 4. The number of amidine groups is 1. The zero-order valence-corrected chi connectivity index (χ0v) is 10.9. The summed E-state index contributed by atoms with van der Waals surface area (Å²) in [6, 6.07) is 1.66. The molecule has 18 heavy (non-hydrogen) atoms. The van der Waals surface area contributed by atoms with Crippen molar-refractivity contribution < 1.29 is 0 Å². The van der Waals surface area contributed by atoms with Crippen molar-refractivity contribution in [1.29, 1.82) is 5.41 Å². The maximum Gasteiger partial charge on any atom is 0.225 e. The highest BCUT2D eigenvalue weighted by molar-refractivity contribution is 5.93. The highest BCUT2D eigenvalue weighted by atomic mass is 15.2. The Hall–Kier alpha value is -1.69. The predicted molar refractivity (Wildman–Crippen MR) is 71.9 cm³/mol. The molecule has 1 fully saturated rings. The van der Waals surface area contributed by atoms with E-state index in [1.165, 1.54) is 6.42 Å². The average molecular weight is 248 g/mol. The van der Waals surface area contributed by atoms with Gasteiger partial charge >= 0.3 is 0 Å². The molecule has 1 atom stereocenters. The summed E-state index contributed by atoms with van der Waals surface area (Å²) in [5, 5.41) is 7.39. The van der Waals surface area contributed by atoms with E-state index in [0.29, 0.717) is 17.6 Å². The van der Waals surface area contributed by atoms with Gasteiger partial charge in [0.15, 0.2) is 0 Å². The second kappa shape index (κ2) is 5.30. The minimum atomic E-state index is -0.0207. The fraction of sp³-hybridized carbons (Fsp3) is 0.583. The van der Waals surface area contributed by atoms with E-state index < -0.39 is 0 Å². The first-order valence-electron chi connectivity index (χ1n) is 6.13. The lowest BCUT2D eigenvalue weighted by Gasteiger charge is -2.21. The summed E-state index contributed by atoms with van der Waals surface area (Å²) in [4.78, 5) is 12.9. The monoisotopic (exact) mass is 248 g/mol. The Labute approximate surface area is 107 Å². The molecule has 0 amide bonds. The van der Waals surface area contributed by atoms with Gasteiger partial charge in [-0.15, -0.1) is 0 Å². The zero-order chi connectivity index (χ0) is 13.1. The number of hydrogen-bond donors (Lipinski definition) is 2. The molecule has 6 heteroatoms. The Morgan fingerprint density at radius 2 is 2.44 bits per heavy atom. The summed E-state index contributed by atoms with van der Waals surface area (Å²) >= 11 is 0. The largest absolute Gasteiger partial charge is 0.382 e. The molecule has 2 heterocycles. The van der Waals surface area contributed by atoms with E-state index >= 15 is 0 Å². The topological polar surface area (TPSA) is 82.1 Å². The van der Waals surface area contributed by atoms with Crippen LogP contribution < -0.4 is 10.6 Å². The maximum absolute atomic E-state index is 7.39. The molecular weight excluding hydrogens is 228 g/mol. The Morgan fingerprint density at radius 3 is 3.06 bits per heavy atom. The van der Waals surface area contributed by atoms with Crippen molar-refractivity contribution in [2.45, 2.75) is 6.42 Å². The highest BCUT2D eigenvalue weighted by Crippen LogP contribution is 2.17. The first-order chi connectivity index (χ1) is 8.56. The molecule has 0 aliphatic carbocycles. The predicted octanol–water partition coefficient (Wildman–Crippen LogP) is 0.149. The van der Waals surface area contributed by atoms with E-state index in [1.807, 2.05) is 11.9 Å². The van der Waals surface area contributed by atoms with Gasteiger partial charge in [0.1, 0.15) is 11.5 Å². The number of nitrogens with zero attached hydrogens (tertiary/aromatic N) is 4. The van der Waals surface area contributed by atoms with Gasteiger partial charge in [-0.1, -0.05) is 0 Å². The van der Waals surface area contributed by atoms with E-state index in [2.05, 4.69) is 21.9 Å². The third kappa shape index (κ3) is 2.95. The van der Waals surface area contributed by atoms with Crippen LogP contribution in [0, 0.1) is 11.3 Å². The molecule has 1 aromatic heterocycles. The summed E-state index contributed by atoms with van der Waals surface area (Å²) in [6.07, 6.45) is 2.86. The van der Waals surface area contributed by atoms with Crippen LogP contribution in [0.2, 0.25) is 0 Å². The molecule has 98 valence electrons. The van der Waals surface area contributed by atoms with Gasteiger partial charge in [-0.3, -0.25) is 5.41 Å². The van der Waals surface area contributed by atoms with Crippen molar-refractivity contribution in [2.75, 3.05) is 38.6 Å². The SMILES string of the molecule is CN1CCC(CN(C)c2nccc(C(=N)N)n2)C1. The minimum Gasteiger partial charge on any atom is -0.382 e. The van der Waals surface area contributed by atoms with Crippen molar-refractivity contribution >= 4 is 11.8 Å². The van der Waals surface area contributed by atoms with Crippen LogP contribution in [0.25, 0.3) is 0 Å². The number of nitrogen functional groups attached to an aromatic ring is 1. The fourth-order valence-corrected chi connectivity index (χ4v) is 2.33. The molecule has 0 radical (unpaired) electrons. The van der Waals surface area contributed by atoms with Gasteiger partial charge in [-0.25, -0.2) is 9.97 Å². The molecule has 0 aromatic carbocycles. The lowest BCUT2D eigenvalue weighted by atomic mass is 10.1. The van der Waals surface area contributed by atoms with Crippen molar-refractivity contribution in [3.8, 4) is 0 Å². The van der Waals surface area contributed by atoms with Crippen molar-refractivity contribution in [2.24, 2.45) is 11.7 Å². The Balaban J connectivity index is 2.02. The average Bonchev–Trinajstić information content (AvgIpc) is 2.75. The summed E-state index contributed by atoms with van der Waals surface area (Å²) in [6.45, 7) is 3.22. The van der Waals surface area contributed by atoms with Crippen molar-refractivity contribution in [3.63, 3.8) is 0 Å². The molecule has 1 aliphatic rings. The molecule has 1 saturated heterocycles. The van der Waals surface area contributed by atoms with Crippen molar-refractivity contribution in [1.82, 2.24) is 14.9 Å². The zero-order valence-electron chi connectivity index (χ0n) is 10.9. The van der Waals surface area contributed by atoms with E-state index in [4.69, 9.17) is 11.1 Å². The van der Waals surface area contributed by atoms with Crippen LogP contribution in [0.1, 0.15) is 12.1 Å². The number of anilines is 1. The number of nitrogens with one attached hydrogen (secondary N) is 1. The Bertz CT molecular complexity index is 432. The Morgan fingerprint density at radius 1 is 1.67 bits per heavy atom. The molecule has 1 unspecified atom stereocenters. The van der Waals surface area contributed by atoms with E-state index in [1.54, 1.807) is 12.3 Å². The van der Waals surface area contributed by atoms with Gasteiger partial charge in [-0.2, -0.15) is 0 Å². The van der Waals surface area contributed by atoms with Crippen LogP contribution in [-0.4, -0.2) is 54.4 Å². The first kappa shape index (κ1) is 12.8. The van der Waals surface area contributed by atoms with Gasteiger partial charge in [0.25, 0.3) is 0 Å². The van der Waals surface area contributed by atoms with Crippen molar-refractivity contribution in [3.05, 3.63) is 18.0 Å². The smallest absolute Gasteiger partial charge is 0.225 e. The summed E-state index contributed by atoms with van der Waals surface area (Å²) in [5.74, 6) is 1.27. The van der Waals surface area contributed by atoms with Gasteiger partial charge in [-0.05, 0) is 32.0 Å². The van der Waals surface area contributed by atoms with Gasteiger partial charge in [0.2, 0.25) is 5.95 Å². The lowest BCUT2D eigenvalue weighted by Crippen LogP contribution is -2.29. The number of hydrogen-bond acceptors (Lipinski definition) is 5. The van der Waals surface area contributed by atoms with E-state index in [9.17, 15) is 0 Å². The van der Waals surface area contributed by atoms with Crippen LogP contribution in [0.15, 0.2) is 12.3 Å². The standard InChI is InChI=1S/C12H20N6/c1-17-6-4-9(7-17)8-18(2)12-15-5-3-10(16-12)11(13)14/h3,5,9H,4,6-8H2,1-2H3,(H3,13,14). The first-order valence-corrected chi connectivity index (χ1v) is 6.13. The second-order valence-electron chi connectivity index (χ2n) is 4.95. The second-order valence-corrected chi connectivity index (χ2v) is 4.95. The quantitative estimate of drug-likeness (QED) is 0.585. The molecule has 0 spiro atoms. The molecule has 0 bridgehead atoms. The molecule has 6 nitrogen and oxygen atoms in total. The fourth-order valence-electron chi connectivity index (χ4n) is 2.33. The number of aromatic nitrogens is 2. The molecule has 0 saturated carbocycles. The molecular formula is C12H20N6. The van der Waals surface area contributed by atoms with Crippen LogP contribution in [0.3, 0.4) is 0 Å². The number of likely N-dealkylation sites (tertiary alicyclic amines) is 1. The third-order valence-electron chi connectivity index (χ3n) is 3.28. The molecule has 2 rings (SSSR count). The maximum atomic E-state index is 7.39. The van der Waals surface area contributed by atoms with Crippen LogP contribution in [0.5, 0.6) is 0 Å². The van der Waals surface area contributed by atoms with E-state index in [0.717, 1.165) is 19.6 Å². The van der Waals surface area contributed by atoms with Crippen LogP contribution >= 0.6 is 0 Å². The normalized spacial score (nSPS) is 20.0. The minimum absolute atomic E-state index is 0.0207. The van der Waals surface area contributed by atoms with E-state index in [-0.39, 0.29) is 5.84 Å². The number of nitrogens with two attached hydrogens (primary N) is 1. The Kier molecular flexibility index (Phi) is 3.76. The van der Waals surface area contributed by atoms with Gasteiger partial charge in [0, 0.05) is 26.3 Å². The van der Waals surface area contributed by atoms with Gasteiger partial charge in [0.05, 0.1) is 0 Å². The highest BCUT2D eigenvalue weighted by Gasteiger charge is 2.21. The van der Waals surface area contributed by atoms with Crippen LogP contribution in [0.4, 0.5) is 5.95 Å². The summed E-state index contributed by atoms with van der Waals surface area (Å²) < 4.78 is 0. The molecule has 1 aromatic rings.